The summed E-state index contributed by atoms with van der Waals surface area (Å²) in [7, 11) is 0. The maximum Gasteiger partial charge on any atom is 0.231 e. The Kier molecular flexibility index (Phi) is 5.44. The fraction of sp³-hybridized carbons (Fsp3) is 0.333. The third-order valence-corrected chi connectivity index (χ3v) is 3.41. The van der Waals surface area contributed by atoms with Gasteiger partial charge in [0.1, 0.15) is 0 Å². The predicted octanol–water partition coefficient (Wildman–Crippen LogP) is 4.51. The van der Waals surface area contributed by atoms with E-state index in [2.05, 4.69) is 10.6 Å². The van der Waals surface area contributed by atoms with Gasteiger partial charge in [-0.1, -0.05) is 55.6 Å². The summed E-state index contributed by atoms with van der Waals surface area (Å²) in [5.41, 5.74) is -0.0528. The normalized spacial score (nSPS) is 11.1. The molecule has 0 fully saturated rings. The summed E-state index contributed by atoms with van der Waals surface area (Å²) >= 11 is 22.7. The fourth-order valence-electron chi connectivity index (χ4n) is 1.06. The number of thiocarbonyl (C=S) groups is 1. The summed E-state index contributed by atoms with van der Waals surface area (Å²) < 4.78 is 0. The van der Waals surface area contributed by atoms with Crippen molar-refractivity contribution in [3.8, 4) is 0 Å². The van der Waals surface area contributed by atoms with Crippen molar-refractivity contribution in [1.82, 2.24) is 5.32 Å². The summed E-state index contributed by atoms with van der Waals surface area (Å²) in [6.07, 6.45) is 0. The fourth-order valence-corrected chi connectivity index (χ4v) is 1.86. The molecule has 19 heavy (non-hydrogen) atoms. The van der Waals surface area contributed by atoms with Crippen LogP contribution in [-0.4, -0.2) is 11.0 Å². The molecule has 3 nitrogen and oxygen atoms in total. The number of anilines is 1. The lowest BCUT2D eigenvalue weighted by Gasteiger charge is -2.19. The Morgan fingerprint density at radius 1 is 1.11 bits per heavy atom. The van der Waals surface area contributed by atoms with Crippen molar-refractivity contribution in [3.63, 3.8) is 0 Å². The van der Waals surface area contributed by atoms with E-state index in [1.807, 2.05) is 0 Å². The molecule has 0 radical (unpaired) electrons. The highest BCUT2D eigenvalue weighted by Crippen LogP contribution is 2.32. The van der Waals surface area contributed by atoms with Crippen LogP contribution in [0.1, 0.15) is 20.8 Å². The minimum absolute atomic E-state index is 0.153. The zero-order chi connectivity index (χ0) is 14.8. The van der Waals surface area contributed by atoms with Gasteiger partial charge in [0.2, 0.25) is 5.91 Å². The number of carbonyl (C=O) groups is 1. The minimum atomic E-state index is -0.535. The van der Waals surface area contributed by atoms with Crippen LogP contribution in [0.4, 0.5) is 5.69 Å². The topological polar surface area (TPSA) is 41.1 Å². The molecule has 1 rings (SSSR count). The van der Waals surface area contributed by atoms with Crippen LogP contribution in [-0.2, 0) is 4.79 Å². The Morgan fingerprint density at radius 3 is 2.16 bits per heavy atom. The Balaban J connectivity index is 2.78. The average molecular weight is 340 g/mol. The zero-order valence-corrected chi connectivity index (χ0v) is 13.7. The highest BCUT2D eigenvalue weighted by molar-refractivity contribution is 7.80. The molecule has 2 N–H and O–H groups in total. The number of hydrogen-bond acceptors (Lipinski definition) is 2. The lowest BCUT2D eigenvalue weighted by Crippen LogP contribution is -2.41. The second kappa shape index (κ2) is 6.27. The molecule has 0 aliphatic heterocycles. The molecule has 1 aromatic carbocycles. The summed E-state index contributed by atoms with van der Waals surface area (Å²) in [4.78, 5) is 11.8. The van der Waals surface area contributed by atoms with Crippen molar-refractivity contribution in [2.45, 2.75) is 20.8 Å². The van der Waals surface area contributed by atoms with E-state index in [4.69, 9.17) is 47.0 Å². The molecule has 0 aliphatic carbocycles. The molecule has 1 aromatic rings. The third kappa shape index (κ3) is 4.80. The zero-order valence-electron chi connectivity index (χ0n) is 10.6. The standard InChI is InChI=1S/C12H13Cl3N2OS/c1-12(2,3)10(18)17-11(19)16-9-5-7(14)6(13)4-8(9)15/h4-5H,1-3H3,(H2,16,17,18,19). The molecule has 0 heterocycles. The van der Waals surface area contributed by atoms with Gasteiger partial charge in [0.05, 0.1) is 20.8 Å². The van der Waals surface area contributed by atoms with Gasteiger partial charge in [0.25, 0.3) is 0 Å². The first-order valence-corrected chi connectivity index (χ1v) is 6.92. The highest BCUT2D eigenvalue weighted by Gasteiger charge is 2.22. The van der Waals surface area contributed by atoms with Crippen LogP contribution in [0.3, 0.4) is 0 Å². The van der Waals surface area contributed by atoms with E-state index in [1.165, 1.54) is 6.07 Å². The van der Waals surface area contributed by atoms with E-state index in [-0.39, 0.29) is 11.0 Å². The van der Waals surface area contributed by atoms with Gasteiger partial charge >= 0.3 is 0 Å². The quantitative estimate of drug-likeness (QED) is 0.584. The second-order valence-electron chi connectivity index (χ2n) is 4.90. The summed E-state index contributed by atoms with van der Waals surface area (Å²) in [6.45, 7) is 5.37. The minimum Gasteiger partial charge on any atom is -0.331 e. The Hall–Kier alpha value is -0.550. The number of nitrogens with one attached hydrogen (secondary N) is 2. The molecule has 0 aromatic heterocycles. The van der Waals surface area contributed by atoms with Crippen molar-refractivity contribution >= 4 is 63.7 Å². The van der Waals surface area contributed by atoms with Crippen molar-refractivity contribution in [2.75, 3.05) is 5.32 Å². The summed E-state index contributed by atoms with van der Waals surface area (Å²) in [5.74, 6) is -0.193. The van der Waals surface area contributed by atoms with Crippen LogP contribution in [0.25, 0.3) is 0 Å². The maximum atomic E-state index is 11.8. The third-order valence-electron chi connectivity index (χ3n) is 2.17. The molecule has 0 spiro atoms. The van der Waals surface area contributed by atoms with Gasteiger partial charge in [-0.05, 0) is 24.4 Å². The molecule has 0 aliphatic rings. The molecular weight excluding hydrogens is 327 g/mol. The summed E-state index contributed by atoms with van der Waals surface area (Å²) in [6, 6.07) is 3.05. The first-order valence-electron chi connectivity index (χ1n) is 5.38. The highest BCUT2D eigenvalue weighted by atomic mass is 35.5. The average Bonchev–Trinajstić information content (AvgIpc) is 2.24. The first-order chi connectivity index (χ1) is 8.61. The van der Waals surface area contributed by atoms with Gasteiger partial charge in [-0.2, -0.15) is 0 Å². The monoisotopic (exact) mass is 338 g/mol. The van der Waals surface area contributed by atoms with E-state index in [1.54, 1.807) is 26.8 Å². The molecule has 1 amide bonds. The molecule has 104 valence electrons. The van der Waals surface area contributed by atoms with Gasteiger partial charge in [0.15, 0.2) is 5.11 Å². The van der Waals surface area contributed by atoms with Crippen LogP contribution >= 0.6 is 47.0 Å². The number of hydrogen-bond donors (Lipinski definition) is 2. The largest absolute Gasteiger partial charge is 0.331 e. The lowest BCUT2D eigenvalue weighted by atomic mass is 9.96. The van der Waals surface area contributed by atoms with Gasteiger partial charge in [-0.3, -0.25) is 4.79 Å². The first kappa shape index (κ1) is 16.5. The molecule has 0 saturated heterocycles. The molecule has 0 saturated carbocycles. The lowest BCUT2D eigenvalue weighted by molar-refractivity contribution is -0.126. The second-order valence-corrected chi connectivity index (χ2v) is 6.53. The van der Waals surface area contributed by atoms with E-state index in [9.17, 15) is 4.79 Å². The van der Waals surface area contributed by atoms with Crippen LogP contribution in [0.15, 0.2) is 12.1 Å². The van der Waals surface area contributed by atoms with Crippen LogP contribution in [0.5, 0.6) is 0 Å². The van der Waals surface area contributed by atoms with E-state index < -0.39 is 5.41 Å². The van der Waals surface area contributed by atoms with E-state index in [0.717, 1.165) is 0 Å². The van der Waals surface area contributed by atoms with Gasteiger partial charge in [-0.15, -0.1) is 0 Å². The van der Waals surface area contributed by atoms with E-state index >= 15 is 0 Å². The number of rotatable bonds is 1. The summed E-state index contributed by atoms with van der Waals surface area (Å²) in [5, 5.41) is 6.59. The molecule has 0 bridgehead atoms. The van der Waals surface area contributed by atoms with Crippen molar-refractivity contribution < 1.29 is 4.79 Å². The predicted molar refractivity (Wildman–Crippen MR) is 85.3 cm³/mol. The number of benzene rings is 1. The van der Waals surface area contributed by atoms with Crippen LogP contribution in [0, 0.1) is 5.41 Å². The number of carbonyl (C=O) groups excluding carboxylic acids is 1. The Morgan fingerprint density at radius 2 is 1.63 bits per heavy atom. The number of amides is 1. The van der Waals surface area contributed by atoms with Crippen molar-refractivity contribution in [1.29, 1.82) is 0 Å². The molecule has 0 unspecified atom stereocenters. The van der Waals surface area contributed by atoms with Gasteiger partial charge in [0, 0.05) is 5.41 Å². The molecule has 0 atom stereocenters. The van der Waals surface area contributed by atoms with Crippen LogP contribution < -0.4 is 10.6 Å². The SMILES string of the molecule is CC(C)(C)C(=O)NC(=S)Nc1cc(Cl)c(Cl)cc1Cl. The number of halogens is 3. The van der Waals surface area contributed by atoms with Crippen molar-refractivity contribution in [2.24, 2.45) is 5.41 Å². The van der Waals surface area contributed by atoms with E-state index in [0.29, 0.717) is 20.8 Å². The Labute approximate surface area is 132 Å². The van der Waals surface area contributed by atoms with Crippen LogP contribution in [0.2, 0.25) is 15.1 Å². The molecule has 7 heteroatoms. The van der Waals surface area contributed by atoms with Gasteiger partial charge < -0.3 is 10.6 Å². The van der Waals surface area contributed by atoms with Gasteiger partial charge in [-0.25, -0.2) is 0 Å². The smallest absolute Gasteiger partial charge is 0.231 e. The Bertz CT molecular complexity index is 526. The molecular formula is C12H13Cl3N2OS. The van der Waals surface area contributed by atoms with Crippen molar-refractivity contribution in [3.05, 3.63) is 27.2 Å². The maximum absolute atomic E-state index is 11.8.